The molecule has 1 aliphatic heterocycles. The van der Waals surface area contributed by atoms with Gasteiger partial charge in [-0.05, 0) is 24.1 Å². The summed E-state index contributed by atoms with van der Waals surface area (Å²) in [4.78, 5) is 13.3. The van der Waals surface area contributed by atoms with E-state index >= 15 is 0 Å². The average molecular weight is 269 g/mol. The lowest BCUT2D eigenvalue weighted by Crippen LogP contribution is -2.24. The molecule has 0 aromatic heterocycles. The number of nitrogens with two attached hydrogens (primary N) is 1. The lowest BCUT2D eigenvalue weighted by atomic mass is 10.2. The Morgan fingerprint density at radius 1 is 1.47 bits per heavy atom. The van der Waals surface area contributed by atoms with E-state index in [1.54, 1.807) is 0 Å². The Kier molecular flexibility index (Phi) is 2.95. The van der Waals surface area contributed by atoms with Crippen LogP contribution in [0.5, 0.6) is 0 Å². The third-order valence-corrected chi connectivity index (χ3v) is 3.35. The Morgan fingerprint density at radius 2 is 2.27 bits per heavy atom. The van der Waals surface area contributed by atoms with Gasteiger partial charge in [-0.25, -0.2) is 0 Å². The van der Waals surface area contributed by atoms with E-state index in [2.05, 4.69) is 15.9 Å². The molecule has 0 bridgehead atoms. The van der Waals surface area contributed by atoms with Gasteiger partial charge in [-0.1, -0.05) is 22.0 Å². The van der Waals surface area contributed by atoms with Gasteiger partial charge in [0.25, 0.3) is 0 Å². The summed E-state index contributed by atoms with van der Waals surface area (Å²) in [6.45, 7) is 1.55. The third kappa shape index (κ3) is 2.31. The maximum absolute atomic E-state index is 11.4. The van der Waals surface area contributed by atoms with Crippen molar-refractivity contribution in [3.8, 4) is 0 Å². The van der Waals surface area contributed by atoms with Gasteiger partial charge in [0.15, 0.2) is 0 Å². The number of nitrogens with zero attached hydrogens (tertiary/aromatic N) is 1. The normalized spacial score (nSPS) is 16.1. The van der Waals surface area contributed by atoms with Crippen LogP contribution < -0.4 is 5.73 Å². The van der Waals surface area contributed by atoms with Crippen LogP contribution in [0.4, 0.5) is 5.69 Å². The first kappa shape index (κ1) is 10.5. The van der Waals surface area contributed by atoms with Gasteiger partial charge in [-0.15, -0.1) is 0 Å². The molecule has 3 nitrogen and oxygen atoms in total. The fourth-order valence-electron chi connectivity index (χ4n) is 1.77. The van der Waals surface area contributed by atoms with Crippen molar-refractivity contribution in [3.63, 3.8) is 0 Å². The van der Waals surface area contributed by atoms with Crippen LogP contribution in [-0.2, 0) is 11.3 Å². The van der Waals surface area contributed by atoms with E-state index in [-0.39, 0.29) is 5.91 Å². The van der Waals surface area contributed by atoms with E-state index < -0.39 is 0 Å². The smallest absolute Gasteiger partial charge is 0.222 e. The number of hydrogen-bond donors (Lipinski definition) is 1. The summed E-state index contributed by atoms with van der Waals surface area (Å²) in [5.74, 6) is 0.249. The molecule has 4 heteroatoms. The van der Waals surface area contributed by atoms with E-state index in [0.717, 1.165) is 28.7 Å². The van der Waals surface area contributed by atoms with Crippen LogP contribution >= 0.6 is 15.9 Å². The van der Waals surface area contributed by atoms with Gasteiger partial charge in [0.05, 0.1) is 0 Å². The highest BCUT2D eigenvalue weighted by Crippen LogP contribution is 2.23. The molecule has 0 unspecified atom stereocenters. The average Bonchev–Trinajstić information content (AvgIpc) is 2.57. The number of hydrogen-bond acceptors (Lipinski definition) is 2. The molecule has 0 radical (unpaired) electrons. The summed E-state index contributed by atoms with van der Waals surface area (Å²) in [7, 11) is 0. The summed E-state index contributed by atoms with van der Waals surface area (Å²) < 4.78 is 0.974. The fourth-order valence-corrected chi connectivity index (χ4v) is 2.29. The van der Waals surface area contributed by atoms with E-state index in [9.17, 15) is 4.79 Å². The van der Waals surface area contributed by atoms with Crippen LogP contribution in [0.25, 0.3) is 0 Å². The fraction of sp³-hybridized carbons (Fsp3) is 0.364. The van der Waals surface area contributed by atoms with E-state index in [4.69, 9.17) is 5.73 Å². The van der Waals surface area contributed by atoms with Crippen molar-refractivity contribution in [2.45, 2.75) is 19.4 Å². The molecule has 1 fully saturated rings. The van der Waals surface area contributed by atoms with E-state index in [0.29, 0.717) is 13.0 Å². The largest absolute Gasteiger partial charge is 0.399 e. The van der Waals surface area contributed by atoms with Crippen molar-refractivity contribution >= 4 is 27.5 Å². The van der Waals surface area contributed by atoms with E-state index in [1.807, 2.05) is 23.1 Å². The SMILES string of the molecule is Nc1ccc(CN2CCCC2=O)c(Br)c1. The van der Waals surface area contributed by atoms with Crippen molar-refractivity contribution < 1.29 is 4.79 Å². The minimum Gasteiger partial charge on any atom is -0.399 e. The van der Waals surface area contributed by atoms with Crippen molar-refractivity contribution in [1.29, 1.82) is 0 Å². The monoisotopic (exact) mass is 268 g/mol. The van der Waals surface area contributed by atoms with Gasteiger partial charge in [0.1, 0.15) is 0 Å². The predicted octanol–water partition coefficient (Wildman–Crippen LogP) is 2.15. The van der Waals surface area contributed by atoms with Gasteiger partial charge in [-0.2, -0.15) is 0 Å². The minimum atomic E-state index is 0.249. The molecule has 1 saturated heterocycles. The van der Waals surface area contributed by atoms with Crippen LogP contribution in [-0.4, -0.2) is 17.4 Å². The summed E-state index contributed by atoms with van der Waals surface area (Å²) in [6.07, 6.45) is 1.66. The number of carbonyl (C=O) groups excluding carboxylic acids is 1. The first-order valence-electron chi connectivity index (χ1n) is 4.98. The molecular formula is C11H13BrN2O. The zero-order chi connectivity index (χ0) is 10.8. The maximum atomic E-state index is 11.4. The second-order valence-electron chi connectivity index (χ2n) is 3.77. The highest BCUT2D eigenvalue weighted by atomic mass is 79.9. The maximum Gasteiger partial charge on any atom is 0.222 e. The first-order chi connectivity index (χ1) is 7.16. The van der Waals surface area contributed by atoms with Crippen molar-refractivity contribution in [3.05, 3.63) is 28.2 Å². The molecule has 0 spiro atoms. The number of amides is 1. The molecule has 1 heterocycles. The number of benzene rings is 1. The van der Waals surface area contributed by atoms with Crippen LogP contribution in [0.2, 0.25) is 0 Å². The topological polar surface area (TPSA) is 46.3 Å². The Bertz CT molecular complexity index is 392. The van der Waals surface area contributed by atoms with Crippen molar-refractivity contribution in [2.24, 2.45) is 0 Å². The van der Waals surface area contributed by atoms with Crippen LogP contribution in [0, 0.1) is 0 Å². The molecule has 1 aliphatic rings. The molecular weight excluding hydrogens is 256 g/mol. The summed E-state index contributed by atoms with van der Waals surface area (Å²) in [5.41, 5.74) is 7.50. The Hall–Kier alpha value is -1.03. The van der Waals surface area contributed by atoms with Gasteiger partial charge < -0.3 is 10.6 Å². The van der Waals surface area contributed by atoms with Crippen molar-refractivity contribution in [1.82, 2.24) is 4.90 Å². The zero-order valence-corrected chi connectivity index (χ0v) is 9.96. The van der Waals surface area contributed by atoms with Crippen LogP contribution in [0.15, 0.2) is 22.7 Å². The second-order valence-corrected chi connectivity index (χ2v) is 4.62. The van der Waals surface area contributed by atoms with Crippen LogP contribution in [0.1, 0.15) is 18.4 Å². The number of halogens is 1. The molecule has 1 aromatic carbocycles. The molecule has 15 heavy (non-hydrogen) atoms. The third-order valence-electron chi connectivity index (χ3n) is 2.61. The highest BCUT2D eigenvalue weighted by Gasteiger charge is 2.20. The van der Waals surface area contributed by atoms with Gasteiger partial charge in [-0.3, -0.25) is 4.79 Å². The van der Waals surface area contributed by atoms with Gasteiger partial charge >= 0.3 is 0 Å². The van der Waals surface area contributed by atoms with Gasteiger partial charge in [0.2, 0.25) is 5.91 Å². The Morgan fingerprint density at radius 3 is 2.87 bits per heavy atom. The van der Waals surface area contributed by atoms with E-state index in [1.165, 1.54) is 0 Å². The molecule has 2 N–H and O–H groups in total. The number of anilines is 1. The number of nitrogen functional groups attached to an aromatic ring is 1. The quantitative estimate of drug-likeness (QED) is 0.836. The second kappa shape index (κ2) is 4.23. The Labute approximate surface area is 97.4 Å². The summed E-state index contributed by atoms with van der Waals surface area (Å²) in [5, 5.41) is 0. The highest BCUT2D eigenvalue weighted by molar-refractivity contribution is 9.10. The number of carbonyl (C=O) groups is 1. The summed E-state index contributed by atoms with van der Waals surface area (Å²) in [6, 6.07) is 5.70. The Balaban J connectivity index is 2.13. The van der Waals surface area contributed by atoms with Gasteiger partial charge in [0, 0.05) is 29.7 Å². The number of rotatable bonds is 2. The molecule has 80 valence electrons. The zero-order valence-electron chi connectivity index (χ0n) is 8.37. The molecule has 2 rings (SSSR count). The standard InChI is InChI=1S/C11H13BrN2O/c12-10-6-9(13)4-3-8(10)7-14-5-1-2-11(14)15/h3-4,6H,1-2,5,7,13H2. The first-order valence-corrected chi connectivity index (χ1v) is 5.78. The molecule has 1 amide bonds. The molecule has 1 aromatic rings. The number of likely N-dealkylation sites (tertiary alicyclic amines) is 1. The minimum absolute atomic E-state index is 0.249. The molecule has 0 aliphatic carbocycles. The predicted molar refractivity (Wildman–Crippen MR) is 63.2 cm³/mol. The van der Waals surface area contributed by atoms with Crippen molar-refractivity contribution in [2.75, 3.05) is 12.3 Å². The summed E-state index contributed by atoms with van der Waals surface area (Å²) >= 11 is 3.46. The lowest BCUT2D eigenvalue weighted by Gasteiger charge is -2.16. The van der Waals surface area contributed by atoms with Crippen LogP contribution in [0.3, 0.4) is 0 Å². The lowest BCUT2D eigenvalue weighted by molar-refractivity contribution is -0.128. The molecule has 0 atom stereocenters. The molecule has 0 saturated carbocycles.